The zero-order valence-corrected chi connectivity index (χ0v) is 10.6. The molecule has 1 aromatic heterocycles. The van der Waals surface area contributed by atoms with Crippen LogP contribution in [0.5, 0.6) is 0 Å². The number of hydrogen-bond donors (Lipinski definition) is 1. The number of nitrogens with one attached hydrogen (secondary N) is 1. The summed E-state index contributed by atoms with van der Waals surface area (Å²) in [5.74, 6) is 0. The van der Waals surface area contributed by atoms with Gasteiger partial charge < -0.3 is 4.98 Å². The first-order chi connectivity index (χ1) is 8.33. The van der Waals surface area contributed by atoms with Gasteiger partial charge in [0, 0.05) is 17.3 Å². The van der Waals surface area contributed by atoms with Crippen LogP contribution in [0.25, 0.3) is 17.0 Å². The van der Waals surface area contributed by atoms with Crippen molar-refractivity contribution in [3.05, 3.63) is 41.6 Å². The van der Waals surface area contributed by atoms with E-state index in [1.54, 1.807) is 0 Å². The van der Waals surface area contributed by atoms with Crippen LogP contribution >= 0.6 is 0 Å². The molecule has 0 spiro atoms. The summed E-state index contributed by atoms with van der Waals surface area (Å²) in [6.07, 6.45) is 4.64. The van der Waals surface area contributed by atoms with Crippen molar-refractivity contribution >= 4 is 17.0 Å². The summed E-state index contributed by atoms with van der Waals surface area (Å²) >= 11 is 0. The standard InChI is InChI=1S/C13H12N2.C2H6/c1-2-10(9-14)7-11-3-4-13-12(8-11)5-6-15-13;1-2/h3-8,15H,2H2,1H3;1-2H3/b10-7-;. The lowest BCUT2D eigenvalue weighted by Gasteiger charge is -1.96. The van der Waals surface area contributed by atoms with E-state index in [1.807, 2.05) is 51.2 Å². The maximum atomic E-state index is 8.84. The van der Waals surface area contributed by atoms with Gasteiger partial charge in [-0.05, 0) is 41.6 Å². The smallest absolute Gasteiger partial charge is 0.0947 e. The van der Waals surface area contributed by atoms with Crippen LogP contribution in [0.1, 0.15) is 32.8 Å². The molecule has 1 aromatic carbocycles. The number of aromatic amines is 1. The van der Waals surface area contributed by atoms with Gasteiger partial charge in [-0.3, -0.25) is 0 Å². The Hall–Kier alpha value is -2.01. The summed E-state index contributed by atoms with van der Waals surface area (Å²) in [7, 11) is 0. The summed E-state index contributed by atoms with van der Waals surface area (Å²) < 4.78 is 0. The number of fused-ring (bicyclic) bond motifs is 1. The van der Waals surface area contributed by atoms with Gasteiger partial charge in [-0.25, -0.2) is 0 Å². The van der Waals surface area contributed by atoms with Gasteiger partial charge in [0.05, 0.1) is 6.07 Å². The molecule has 17 heavy (non-hydrogen) atoms. The maximum absolute atomic E-state index is 8.84. The molecule has 2 rings (SSSR count). The highest BCUT2D eigenvalue weighted by Crippen LogP contribution is 2.16. The van der Waals surface area contributed by atoms with Crippen LogP contribution in [0.2, 0.25) is 0 Å². The molecule has 0 fully saturated rings. The van der Waals surface area contributed by atoms with E-state index in [1.165, 1.54) is 5.39 Å². The average Bonchev–Trinajstić information content (AvgIpc) is 2.85. The molecule has 0 saturated heterocycles. The Balaban J connectivity index is 0.000000686. The van der Waals surface area contributed by atoms with Gasteiger partial charge in [-0.1, -0.05) is 26.8 Å². The second kappa shape index (κ2) is 6.55. The van der Waals surface area contributed by atoms with E-state index < -0.39 is 0 Å². The van der Waals surface area contributed by atoms with Gasteiger partial charge in [0.25, 0.3) is 0 Å². The number of allylic oxidation sites excluding steroid dienone is 1. The highest BCUT2D eigenvalue weighted by molar-refractivity contribution is 5.82. The Labute approximate surface area is 103 Å². The third kappa shape index (κ3) is 3.22. The predicted octanol–water partition coefficient (Wildman–Crippen LogP) is 4.51. The highest BCUT2D eigenvalue weighted by Gasteiger charge is 1.96. The molecule has 0 amide bonds. The number of H-pyrrole nitrogens is 1. The number of nitrogens with zero attached hydrogens (tertiary/aromatic N) is 1. The van der Waals surface area contributed by atoms with Crippen molar-refractivity contribution in [3.8, 4) is 6.07 Å². The van der Waals surface area contributed by atoms with E-state index in [9.17, 15) is 0 Å². The zero-order chi connectivity index (χ0) is 12.7. The van der Waals surface area contributed by atoms with Crippen LogP contribution in [0, 0.1) is 11.3 Å². The summed E-state index contributed by atoms with van der Waals surface area (Å²) in [5.41, 5.74) is 3.02. The normalized spacial score (nSPS) is 10.6. The molecule has 0 aliphatic rings. The summed E-state index contributed by atoms with van der Waals surface area (Å²) in [4.78, 5) is 3.14. The van der Waals surface area contributed by atoms with Crippen molar-refractivity contribution in [2.24, 2.45) is 0 Å². The van der Waals surface area contributed by atoms with Crippen molar-refractivity contribution in [1.29, 1.82) is 5.26 Å². The van der Waals surface area contributed by atoms with Gasteiger partial charge in [0.15, 0.2) is 0 Å². The molecule has 88 valence electrons. The van der Waals surface area contributed by atoms with E-state index in [0.717, 1.165) is 23.1 Å². The van der Waals surface area contributed by atoms with Gasteiger partial charge in [0.1, 0.15) is 0 Å². The number of nitriles is 1. The first-order valence-electron chi connectivity index (χ1n) is 6.01. The van der Waals surface area contributed by atoms with Gasteiger partial charge in [-0.15, -0.1) is 0 Å². The molecular formula is C15H18N2. The Morgan fingerprint density at radius 1 is 1.35 bits per heavy atom. The van der Waals surface area contributed by atoms with Crippen LogP contribution in [-0.2, 0) is 0 Å². The van der Waals surface area contributed by atoms with Crippen LogP contribution in [-0.4, -0.2) is 4.98 Å². The van der Waals surface area contributed by atoms with E-state index in [-0.39, 0.29) is 0 Å². The minimum Gasteiger partial charge on any atom is -0.361 e. The fourth-order valence-electron chi connectivity index (χ4n) is 1.58. The average molecular weight is 226 g/mol. The first kappa shape index (κ1) is 13.1. The maximum Gasteiger partial charge on any atom is 0.0947 e. The van der Waals surface area contributed by atoms with Crippen LogP contribution in [0.4, 0.5) is 0 Å². The third-order valence-electron chi connectivity index (χ3n) is 2.44. The molecule has 0 bridgehead atoms. The quantitative estimate of drug-likeness (QED) is 0.752. The van der Waals surface area contributed by atoms with Crippen molar-refractivity contribution in [1.82, 2.24) is 4.98 Å². The molecule has 0 atom stereocenters. The largest absolute Gasteiger partial charge is 0.361 e. The Bertz CT molecular complexity index is 541. The summed E-state index contributed by atoms with van der Waals surface area (Å²) in [5, 5.41) is 10.0. The molecule has 0 aliphatic heterocycles. The molecule has 0 saturated carbocycles. The lowest BCUT2D eigenvalue weighted by Crippen LogP contribution is -1.77. The van der Waals surface area contributed by atoms with E-state index >= 15 is 0 Å². The first-order valence-corrected chi connectivity index (χ1v) is 6.01. The van der Waals surface area contributed by atoms with Gasteiger partial charge >= 0.3 is 0 Å². The third-order valence-corrected chi connectivity index (χ3v) is 2.44. The highest BCUT2D eigenvalue weighted by atomic mass is 14.7. The van der Waals surface area contributed by atoms with Crippen LogP contribution in [0.15, 0.2) is 36.0 Å². The molecule has 1 heterocycles. The minimum absolute atomic E-state index is 0.779. The van der Waals surface area contributed by atoms with E-state index in [4.69, 9.17) is 5.26 Å². The lowest BCUT2D eigenvalue weighted by molar-refractivity contribution is 1.16. The second-order valence-electron chi connectivity index (χ2n) is 3.46. The van der Waals surface area contributed by atoms with Crippen molar-refractivity contribution in [2.45, 2.75) is 27.2 Å². The fourth-order valence-corrected chi connectivity index (χ4v) is 1.58. The monoisotopic (exact) mass is 226 g/mol. The Kier molecular flexibility index (Phi) is 5.03. The molecule has 2 heteroatoms. The SMILES string of the molecule is CC.CC/C(C#N)=C/c1ccc2[nH]ccc2c1. The number of hydrogen-bond acceptors (Lipinski definition) is 1. The summed E-state index contributed by atoms with van der Waals surface area (Å²) in [6, 6.07) is 10.4. The molecule has 2 nitrogen and oxygen atoms in total. The topological polar surface area (TPSA) is 39.6 Å². The molecule has 0 radical (unpaired) electrons. The zero-order valence-electron chi connectivity index (χ0n) is 10.6. The Morgan fingerprint density at radius 3 is 2.76 bits per heavy atom. The van der Waals surface area contributed by atoms with Crippen LogP contribution < -0.4 is 0 Å². The second-order valence-corrected chi connectivity index (χ2v) is 3.46. The van der Waals surface area contributed by atoms with E-state index in [2.05, 4.69) is 17.1 Å². The molecule has 1 N–H and O–H groups in total. The molecule has 0 aliphatic carbocycles. The molecular weight excluding hydrogens is 208 g/mol. The van der Waals surface area contributed by atoms with E-state index in [0.29, 0.717) is 0 Å². The lowest BCUT2D eigenvalue weighted by atomic mass is 10.1. The molecule has 0 unspecified atom stereocenters. The summed E-state index contributed by atoms with van der Waals surface area (Å²) in [6.45, 7) is 5.99. The number of rotatable bonds is 2. The Morgan fingerprint density at radius 2 is 2.12 bits per heavy atom. The number of benzene rings is 1. The van der Waals surface area contributed by atoms with Crippen LogP contribution in [0.3, 0.4) is 0 Å². The predicted molar refractivity (Wildman–Crippen MR) is 73.5 cm³/mol. The molecule has 2 aromatic rings. The number of aromatic nitrogens is 1. The van der Waals surface area contributed by atoms with Gasteiger partial charge in [-0.2, -0.15) is 5.26 Å². The van der Waals surface area contributed by atoms with Gasteiger partial charge in [0.2, 0.25) is 0 Å². The van der Waals surface area contributed by atoms with Crippen molar-refractivity contribution in [3.63, 3.8) is 0 Å². The van der Waals surface area contributed by atoms with Crippen molar-refractivity contribution in [2.75, 3.05) is 0 Å². The fraction of sp³-hybridized carbons (Fsp3) is 0.267. The minimum atomic E-state index is 0.779. The van der Waals surface area contributed by atoms with Crippen molar-refractivity contribution < 1.29 is 0 Å².